The van der Waals surface area contributed by atoms with E-state index in [1.54, 1.807) is 18.2 Å². The van der Waals surface area contributed by atoms with E-state index in [1.165, 1.54) is 0 Å². The zero-order valence-corrected chi connectivity index (χ0v) is 18.5. The lowest BCUT2D eigenvalue weighted by molar-refractivity contribution is -0.137. The Hall–Kier alpha value is -0.300. The smallest absolute Gasteiger partial charge is 0.303 e. The number of hydrogen-bond acceptors (Lipinski definition) is 3. The van der Waals surface area contributed by atoms with Crippen molar-refractivity contribution in [1.82, 2.24) is 0 Å². The molecule has 122 valence electrons. The van der Waals surface area contributed by atoms with Gasteiger partial charge in [0.15, 0.2) is 5.75 Å². The van der Waals surface area contributed by atoms with Crippen molar-refractivity contribution < 1.29 is 19.7 Å². The fourth-order valence-corrected chi connectivity index (χ4v) is 4.53. The van der Waals surface area contributed by atoms with E-state index >= 15 is 0 Å². The van der Waals surface area contributed by atoms with E-state index in [2.05, 4.69) is 45.2 Å². The van der Waals surface area contributed by atoms with Crippen molar-refractivity contribution in [2.24, 2.45) is 0 Å². The Bertz CT molecular complexity index is 723. The topological polar surface area (TPSA) is 66.8 Å². The molecule has 1 unspecified atom stereocenters. The van der Waals surface area contributed by atoms with E-state index in [1.807, 2.05) is 41.6 Å². The van der Waals surface area contributed by atoms with Gasteiger partial charge in [-0.25, -0.2) is 0 Å². The van der Waals surface area contributed by atoms with Gasteiger partial charge < -0.3 is 14.9 Å². The lowest BCUT2D eigenvalue weighted by Gasteiger charge is -2.15. The van der Waals surface area contributed by atoms with Crippen LogP contribution in [0, 0.1) is 10.7 Å². The molecular weight excluding hydrogens is 637 g/mol. The lowest BCUT2D eigenvalue weighted by atomic mass is 9.98. The molecule has 0 aliphatic carbocycles. The quantitative estimate of drug-likeness (QED) is 0.416. The average molecular weight is 650 g/mol. The molecule has 0 saturated carbocycles. The standard InChI is InChI=1S/C16H13I3O4/c1-8(4-15(21)22)9-5-12(18)16(13(19)6-9)23-10-2-3-14(20)11(17)7-10/h2-3,5-8,20H,4H2,1H3,(H,21,22). The Labute approximate surface area is 175 Å². The number of benzene rings is 2. The van der Waals surface area contributed by atoms with Crippen LogP contribution in [0.15, 0.2) is 30.3 Å². The Morgan fingerprint density at radius 1 is 1.13 bits per heavy atom. The molecule has 7 heteroatoms. The van der Waals surface area contributed by atoms with Crippen molar-refractivity contribution in [3.63, 3.8) is 0 Å². The van der Waals surface area contributed by atoms with Crippen molar-refractivity contribution >= 4 is 73.7 Å². The van der Waals surface area contributed by atoms with Crippen molar-refractivity contribution in [2.45, 2.75) is 19.3 Å². The molecule has 0 saturated heterocycles. The molecule has 1 atom stereocenters. The van der Waals surface area contributed by atoms with Crippen molar-refractivity contribution in [3.8, 4) is 17.2 Å². The highest BCUT2D eigenvalue weighted by Crippen LogP contribution is 2.36. The molecular formula is C16H13I3O4. The van der Waals surface area contributed by atoms with Crippen LogP contribution in [-0.2, 0) is 4.79 Å². The minimum atomic E-state index is -0.804. The largest absolute Gasteiger partial charge is 0.507 e. The fourth-order valence-electron chi connectivity index (χ4n) is 2.01. The highest BCUT2D eigenvalue weighted by molar-refractivity contribution is 14.1. The molecule has 0 aliphatic rings. The molecule has 2 aromatic carbocycles. The number of phenolic OH excluding ortho intramolecular Hbond substituents is 1. The van der Waals surface area contributed by atoms with Gasteiger partial charge in [-0.2, -0.15) is 0 Å². The lowest BCUT2D eigenvalue weighted by Crippen LogP contribution is -2.04. The summed E-state index contributed by atoms with van der Waals surface area (Å²) in [4.78, 5) is 10.9. The minimum Gasteiger partial charge on any atom is -0.507 e. The number of carbonyl (C=O) groups is 1. The second-order valence-corrected chi connectivity index (χ2v) is 8.51. The first kappa shape index (κ1) is 19.0. The van der Waals surface area contributed by atoms with Gasteiger partial charge in [-0.05, 0) is 110 Å². The van der Waals surface area contributed by atoms with Crippen LogP contribution in [0.5, 0.6) is 17.2 Å². The Morgan fingerprint density at radius 2 is 1.74 bits per heavy atom. The number of carboxylic acids is 1. The van der Waals surface area contributed by atoms with Gasteiger partial charge in [0, 0.05) is 0 Å². The predicted molar refractivity (Wildman–Crippen MR) is 113 cm³/mol. The third kappa shape index (κ3) is 5.08. The normalized spacial score (nSPS) is 12.0. The zero-order valence-electron chi connectivity index (χ0n) is 12.0. The van der Waals surface area contributed by atoms with Gasteiger partial charge in [0.25, 0.3) is 0 Å². The monoisotopic (exact) mass is 650 g/mol. The second-order valence-electron chi connectivity index (χ2n) is 5.03. The van der Waals surface area contributed by atoms with Crippen LogP contribution in [0.3, 0.4) is 0 Å². The van der Waals surface area contributed by atoms with E-state index in [9.17, 15) is 9.90 Å². The summed E-state index contributed by atoms with van der Waals surface area (Å²) in [7, 11) is 0. The molecule has 2 aromatic rings. The summed E-state index contributed by atoms with van der Waals surface area (Å²) in [6.45, 7) is 1.90. The first-order valence-electron chi connectivity index (χ1n) is 6.65. The molecule has 23 heavy (non-hydrogen) atoms. The molecule has 2 rings (SSSR count). The molecule has 2 N–H and O–H groups in total. The number of phenols is 1. The van der Waals surface area contributed by atoms with Crippen LogP contribution in [0.1, 0.15) is 24.8 Å². The van der Waals surface area contributed by atoms with Crippen LogP contribution >= 0.6 is 67.8 Å². The molecule has 0 radical (unpaired) electrons. The highest BCUT2D eigenvalue weighted by Gasteiger charge is 2.16. The second kappa shape index (κ2) is 8.19. The van der Waals surface area contributed by atoms with E-state index < -0.39 is 5.97 Å². The highest BCUT2D eigenvalue weighted by atomic mass is 127. The third-order valence-electron chi connectivity index (χ3n) is 3.21. The number of carboxylic acid groups (broad SMARTS) is 1. The maximum absolute atomic E-state index is 10.9. The van der Waals surface area contributed by atoms with Crippen LogP contribution in [-0.4, -0.2) is 16.2 Å². The number of ether oxygens (including phenoxy) is 1. The summed E-state index contributed by atoms with van der Waals surface area (Å²) in [6, 6.07) is 8.99. The van der Waals surface area contributed by atoms with Gasteiger partial charge in [0.1, 0.15) is 11.5 Å². The fraction of sp³-hybridized carbons (Fsp3) is 0.188. The van der Waals surface area contributed by atoms with Crippen molar-refractivity contribution in [2.75, 3.05) is 0 Å². The van der Waals surface area contributed by atoms with E-state index in [0.29, 0.717) is 5.75 Å². The molecule has 0 fully saturated rings. The van der Waals surface area contributed by atoms with Crippen molar-refractivity contribution in [1.29, 1.82) is 0 Å². The van der Waals surface area contributed by atoms with Crippen LogP contribution < -0.4 is 4.74 Å². The number of hydrogen-bond donors (Lipinski definition) is 2. The summed E-state index contributed by atoms with van der Waals surface area (Å²) >= 11 is 6.43. The van der Waals surface area contributed by atoms with Gasteiger partial charge in [-0.1, -0.05) is 6.92 Å². The zero-order chi connectivity index (χ0) is 17.1. The third-order valence-corrected chi connectivity index (χ3v) is 5.68. The Morgan fingerprint density at radius 3 is 2.26 bits per heavy atom. The van der Waals surface area contributed by atoms with Gasteiger partial charge in [0.2, 0.25) is 0 Å². The first-order chi connectivity index (χ1) is 10.8. The van der Waals surface area contributed by atoms with Gasteiger partial charge in [0.05, 0.1) is 17.1 Å². The van der Waals surface area contributed by atoms with Crippen LogP contribution in [0.2, 0.25) is 0 Å². The molecule has 0 heterocycles. The Kier molecular flexibility index (Phi) is 6.77. The van der Waals surface area contributed by atoms with E-state index in [4.69, 9.17) is 9.84 Å². The SMILES string of the molecule is CC(CC(=O)O)c1cc(I)c(Oc2ccc(O)c(I)c2)c(I)c1. The van der Waals surface area contributed by atoms with E-state index in [-0.39, 0.29) is 18.1 Å². The summed E-state index contributed by atoms with van der Waals surface area (Å²) in [5.74, 6) is 0.744. The van der Waals surface area contributed by atoms with Crippen LogP contribution in [0.25, 0.3) is 0 Å². The average Bonchev–Trinajstić information content (AvgIpc) is 2.45. The first-order valence-corrected chi connectivity index (χ1v) is 9.88. The summed E-state index contributed by atoms with van der Waals surface area (Å²) < 4.78 is 8.51. The molecule has 0 spiro atoms. The molecule has 4 nitrogen and oxygen atoms in total. The van der Waals surface area contributed by atoms with Gasteiger partial charge in [-0.15, -0.1) is 0 Å². The molecule has 0 amide bonds. The number of aromatic hydroxyl groups is 1. The molecule has 0 aromatic heterocycles. The number of aliphatic carboxylic acids is 1. The van der Waals surface area contributed by atoms with Gasteiger partial charge >= 0.3 is 5.97 Å². The van der Waals surface area contributed by atoms with Crippen molar-refractivity contribution in [3.05, 3.63) is 46.6 Å². The van der Waals surface area contributed by atoms with Gasteiger partial charge in [-0.3, -0.25) is 4.79 Å². The summed E-state index contributed by atoms with van der Waals surface area (Å²) in [6.07, 6.45) is 0.0997. The van der Waals surface area contributed by atoms with Crippen LogP contribution in [0.4, 0.5) is 0 Å². The maximum Gasteiger partial charge on any atom is 0.303 e. The Balaban J connectivity index is 2.29. The molecule has 0 aliphatic heterocycles. The molecule has 0 bridgehead atoms. The predicted octanol–water partition coefficient (Wildman–Crippen LogP) is 5.58. The number of halogens is 3. The number of rotatable bonds is 5. The minimum absolute atomic E-state index is 0.0572. The summed E-state index contributed by atoms with van der Waals surface area (Å²) in [5.41, 5.74) is 0.980. The van der Waals surface area contributed by atoms with E-state index in [0.717, 1.165) is 22.0 Å². The maximum atomic E-state index is 10.9. The summed E-state index contributed by atoms with van der Waals surface area (Å²) in [5, 5.41) is 18.5.